The van der Waals surface area contributed by atoms with E-state index in [4.69, 9.17) is 20.8 Å². The first kappa shape index (κ1) is 31.7. The van der Waals surface area contributed by atoms with Gasteiger partial charge >= 0.3 is 0 Å². The monoisotopic (exact) mass is 635 g/mol. The fraction of sp³-hybridized carbons (Fsp3) is 0.343. The largest absolute Gasteiger partial charge is 0.386 e. The summed E-state index contributed by atoms with van der Waals surface area (Å²) in [7, 11) is -3.47. The van der Waals surface area contributed by atoms with Crippen molar-refractivity contribution in [3.05, 3.63) is 112 Å². The zero-order valence-electron chi connectivity index (χ0n) is 24.8. The lowest BCUT2D eigenvalue weighted by molar-refractivity contribution is 0.0776. The van der Waals surface area contributed by atoms with Crippen molar-refractivity contribution < 1.29 is 17.7 Å². The van der Waals surface area contributed by atoms with Crippen molar-refractivity contribution in [2.75, 3.05) is 18.6 Å². The zero-order valence-corrected chi connectivity index (χ0v) is 27.2. The van der Waals surface area contributed by atoms with Crippen LogP contribution in [0, 0.1) is 5.41 Å². The van der Waals surface area contributed by atoms with Crippen molar-refractivity contribution in [2.45, 2.75) is 50.4 Å². The van der Waals surface area contributed by atoms with Gasteiger partial charge in [0.05, 0.1) is 29.7 Å². The molecule has 1 heterocycles. The molecule has 0 spiro atoms. The summed E-state index contributed by atoms with van der Waals surface area (Å²) in [4.78, 5) is 4.75. The highest BCUT2D eigenvalue weighted by atomic mass is 35.5. The Balaban J connectivity index is 1.37. The molecule has 0 radical (unpaired) electrons. The predicted octanol–water partition coefficient (Wildman–Crippen LogP) is 8.45. The van der Waals surface area contributed by atoms with E-state index < -0.39 is 15.7 Å². The van der Waals surface area contributed by atoms with Gasteiger partial charge in [-0.1, -0.05) is 78.3 Å². The summed E-state index contributed by atoms with van der Waals surface area (Å²) in [5, 5.41) is 12.7. The van der Waals surface area contributed by atoms with Crippen LogP contribution in [0.15, 0.2) is 78.9 Å². The van der Waals surface area contributed by atoms with E-state index in [-0.39, 0.29) is 17.3 Å². The lowest BCUT2D eigenvalue weighted by Gasteiger charge is -2.24. The lowest BCUT2D eigenvalue weighted by atomic mass is 9.90. The summed E-state index contributed by atoms with van der Waals surface area (Å²) < 4.78 is 28.5. The minimum absolute atomic E-state index is 0.0981. The number of thioether (sulfide) groups is 1. The number of benzene rings is 3. The maximum Gasteiger partial charge on any atom is 0.264 e. The Morgan fingerprint density at radius 1 is 1.05 bits per heavy atom. The molecule has 5 rings (SSSR count). The third-order valence-electron chi connectivity index (χ3n) is 7.88. The Bertz CT molecular complexity index is 1730. The van der Waals surface area contributed by atoms with Gasteiger partial charge < -0.3 is 5.11 Å². The van der Waals surface area contributed by atoms with E-state index in [1.807, 2.05) is 80.2 Å². The van der Waals surface area contributed by atoms with Gasteiger partial charge in [-0.3, -0.25) is 4.18 Å². The molecule has 0 bridgehead atoms. The SMILES string of the molecule is CC(C)(O)c1ccccc1CC[C@@H](SCC1(COS(C)(=O)=O)CC1)c1cccc(C=Cc2ccc3ccc(Cl)cc3n2)c1. The molecule has 1 N–H and O–H groups in total. The second-order valence-corrected chi connectivity index (χ2v) is 15.4. The van der Waals surface area contributed by atoms with Crippen LogP contribution in [-0.2, 0) is 26.3 Å². The molecule has 1 aliphatic rings. The van der Waals surface area contributed by atoms with Crippen molar-refractivity contribution in [3.8, 4) is 0 Å². The Morgan fingerprint density at radius 2 is 1.81 bits per heavy atom. The van der Waals surface area contributed by atoms with Crippen molar-refractivity contribution >= 4 is 56.5 Å². The summed E-state index contributed by atoms with van der Waals surface area (Å²) >= 11 is 8.04. The Hall–Kier alpha value is -2.68. The van der Waals surface area contributed by atoms with Crippen LogP contribution < -0.4 is 0 Å². The lowest BCUT2D eigenvalue weighted by Crippen LogP contribution is -2.18. The van der Waals surface area contributed by atoms with Crippen LogP contribution >= 0.6 is 23.4 Å². The van der Waals surface area contributed by atoms with E-state index in [9.17, 15) is 13.5 Å². The molecule has 8 heteroatoms. The molecule has 0 unspecified atom stereocenters. The van der Waals surface area contributed by atoms with E-state index in [1.165, 1.54) is 5.56 Å². The first-order valence-corrected chi connectivity index (χ1v) is 17.7. The van der Waals surface area contributed by atoms with Gasteiger partial charge in [0.1, 0.15) is 0 Å². The third-order valence-corrected chi connectivity index (χ3v) is 10.4. The van der Waals surface area contributed by atoms with Crippen LogP contribution in [0.5, 0.6) is 0 Å². The van der Waals surface area contributed by atoms with Crippen LogP contribution in [0.2, 0.25) is 5.02 Å². The first-order valence-electron chi connectivity index (χ1n) is 14.5. The maximum atomic E-state index is 11.7. The molecule has 0 aliphatic heterocycles. The number of hydrogen-bond acceptors (Lipinski definition) is 6. The van der Waals surface area contributed by atoms with Gasteiger partial charge in [0.25, 0.3) is 10.1 Å². The van der Waals surface area contributed by atoms with Crippen molar-refractivity contribution in [1.29, 1.82) is 0 Å². The number of halogens is 1. The van der Waals surface area contributed by atoms with E-state index in [0.29, 0.717) is 5.02 Å². The second-order valence-electron chi connectivity index (χ2n) is 12.1. The number of aryl methyl sites for hydroxylation is 1. The summed E-state index contributed by atoms with van der Waals surface area (Å²) in [6.45, 7) is 3.89. The molecule has 1 fully saturated rings. The normalized spacial score (nSPS) is 15.7. The van der Waals surface area contributed by atoms with Gasteiger partial charge in [0.15, 0.2) is 0 Å². The van der Waals surface area contributed by atoms with Crippen molar-refractivity contribution in [2.24, 2.45) is 5.41 Å². The first-order chi connectivity index (χ1) is 20.4. The second kappa shape index (κ2) is 13.1. The average Bonchev–Trinajstić information content (AvgIpc) is 3.74. The van der Waals surface area contributed by atoms with Crippen LogP contribution in [0.25, 0.3) is 23.1 Å². The zero-order chi connectivity index (χ0) is 30.7. The minimum Gasteiger partial charge on any atom is -0.386 e. The summed E-state index contributed by atoms with van der Waals surface area (Å²) in [6.07, 6.45) is 8.84. The van der Waals surface area contributed by atoms with Crippen LogP contribution in [0.3, 0.4) is 0 Å². The Kier molecular flexibility index (Phi) is 9.69. The highest BCUT2D eigenvalue weighted by Gasteiger charge is 2.44. The molecular weight excluding hydrogens is 598 g/mol. The number of aromatic nitrogens is 1. The van der Waals surface area contributed by atoms with E-state index >= 15 is 0 Å². The Morgan fingerprint density at radius 3 is 2.56 bits per heavy atom. The smallest absolute Gasteiger partial charge is 0.264 e. The van der Waals surface area contributed by atoms with E-state index in [2.05, 4.69) is 36.4 Å². The third kappa shape index (κ3) is 8.93. The van der Waals surface area contributed by atoms with Gasteiger partial charge in [-0.25, -0.2) is 4.98 Å². The highest BCUT2D eigenvalue weighted by Crippen LogP contribution is 2.51. The average molecular weight is 636 g/mol. The molecule has 1 saturated carbocycles. The van der Waals surface area contributed by atoms with Gasteiger partial charge in [-0.15, -0.1) is 0 Å². The quantitative estimate of drug-likeness (QED) is 0.149. The van der Waals surface area contributed by atoms with Crippen LogP contribution in [0.1, 0.15) is 66.3 Å². The number of rotatable bonds is 13. The standard InChI is InChI=1S/C35H38ClNO4S2/c1-34(2,38)31-10-5-4-8-26(31)14-18-33(42-24-35(19-20-35)23-41-43(3,39)40)28-9-6-7-25(21-28)11-16-30-17-13-27-12-15-29(36)22-32(27)37-30/h4-13,15-17,21-22,33,38H,14,18-20,23-24H2,1-3H3/t33-/m1/s1. The van der Waals surface area contributed by atoms with Crippen molar-refractivity contribution in [1.82, 2.24) is 4.98 Å². The highest BCUT2D eigenvalue weighted by molar-refractivity contribution is 7.99. The molecule has 0 saturated heterocycles. The Labute approximate surface area is 264 Å². The van der Waals surface area contributed by atoms with Gasteiger partial charge in [-0.05, 0) is 86.1 Å². The topological polar surface area (TPSA) is 76.5 Å². The predicted molar refractivity (Wildman–Crippen MR) is 180 cm³/mol. The summed E-state index contributed by atoms with van der Waals surface area (Å²) in [6, 6.07) is 26.4. The molecule has 0 amide bonds. The number of nitrogens with zero attached hydrogens (tertiary/aromatic N) is 1. The number of pyridine rings is 1. The van der Waals surface area contributed by atoms with Crippen LogP contribution in [-0.4, -0.2) is 37.1 Å². The molecule has 1 aliphatic carbocycles. The van der Waals surface area contributed by atoms with Crippen molar-refractivity contribution in [3.63, 3.8) is 0 Å². The number of hydrogen-bond donors (Lipinski definition) is 1. The van der Waals surface area contributed by atoms with Gasteiger partial charge in [-0.2, -0.15) is 20.2 Å². The van der Waals surface area contributed by atoms with E-state index in [1.54, 1.807) is 0 Å². The van der Waals surface area contributed by atoms with Gasteiger partial charge in [0.2, 0.25) is 0 Å². The molecule has 5 nitrogen and oxygen atoms in total. The molecule has 1 atom stereocenters. The maximum absolute atomic E-state index is 11.7. The fourth-order valence-electron chi connectivity index (χ4n) is 5.23. The molecule has 43 heavy (non-hydrogen) atoms. The summed E-state index contributed by atoms with van der Waals surface area (Å²) in [5.41, 5.74) is 5.07. The van der Waals surface area contributed by atoms with Gasteiger partial charge in [0, 0.05) is 26.8 Å². The molecule has 4 aromatic rings. The number of aliphatic hydroxyl groups is 1. The minimum atomic E-state index is -3.47. The molecule has 3 aromatic carbocycles. The molecule has 1 aromatic heterocycles. The van der Waals surface area contributed by atoms with Crippen LogP contribution in [0.4, 0.5) is 0 Å². The summed E-state index contributed by atoms with van der Waals surface area (Å²) in [5.74, 6) is 0.823. The number of fused-ring (bicyclic) bond motifs is 1. The van der Waals surface area contributed by atoms with E-state index in [0.717, 1.165) is 71.0 Å². The molecule has 226 valence electrons. The fourth-order valence-corrected chi connectivity index (χ4v) is 7.41. The molecular formula is C35H38ClNO4S2.